The van der Waals surface area contributed by atoms with Crippen LogP contribution in [0, 0.1) is 0 Å². The van der Waals surface area contributed by atoms with Gasteiger partial charge in [0.1, 0.15) is 11.4 Å². The molecule has 0 aliphatic rings. The summed E-state index contributed by atoms with van der Waals surface area (Å²) >= 11 is 5.60. The van der Waals surface area contributed by atoms with Gasteiger partial charge in [0.15, 0.2) is 0 Å². The van der Waals surface area contributed by atoms with Crippen LogP contribution in [-0.2, 0) is 13.2 Å². The van der Waals surface area contributed by atoms with Gasteiger partial charge in [-0.2, -0.15) is 23.3 Å². The number of alkyl halides is 3. The van der Waals surface area contributed by atoms with Crippen molar-refractivity contribution >= 4 is 23.1 Å². The van der Waals surface area contributed by atoms with Crippen molar-refractivity contribution < 1.29 is 13.2 Å². The largest absolute Gasteiger partial charge is 0.421 e. The first-order valence-corrected chi connectivity index (χ1v) is 7.16. The Morgan fingerprint density at radius 1 is 1.08 bits per heavy atom. The van der Waals surface area contributed by atoms with Crippen LogP contribution in [0.25, 0.3) is 11.1 Å². The topological polar surface area (TPSA) is 55.6 Å². The van der Waals surface area contributed by atoms with E-state index < -0.39 is 17.6 Å². The molecule has 0 saturated heterocycles. The van der Waals surface area contributed by atoms with Crippen molar-refractivity contribution in [3.8, 4) is 11.1 Å². The monoisotopic (exact) mass is 353 g/mol. The van der Waals surface area contributed by atoms with Crippen molar-refractivity contribution in [1.29, 1.82) is 0 Å². The Morgan fingerprint density at radius 2 is 1.79 bits per heavy atom. The van der Waals surface area contributed by atoms with Crippen LogP contribution in [0.1, 0.15) is 5.56 Å². The second-order valence-electron chi connectivity index (χ2n) is 5.00. The van der Waals surface area contributed by atoms with Crippen molar-refractivity contribution in [3.63, 3.8) is 0 Å². The zero-order valence-corrected chi connectivity index (χ0v) is 13.1. The smallest absolute Gasteiger partial charge is 0.340 e. The number of rotatable bonds is 3. The minimum Gasteiger partial charge on any atom is -0.340 e. The molecule has 5 nitrogen and oxygen atoms in total. The van der Waals surface area contributed by atoms with Gasteiger partial charge >= 0.3 is 6.18 Å². The standard InChI is InChI=1S/C15H11ClF3N5/c1-24-8-10(6-21-24)9-2-4-11(5-3-9)22-13-12(15(17,18)19)7-20-14(16)23-13/h2-8H,1H3,(H,20,22,23). The first kappa shape index (κ1) is 16.3. The molecule has 1 aromatic carbocycles. The zero-order chi connectivity index (χ0) is 17.3. The molecule has 0 aliphatic carbocycles. The molecule has 0 atom stereocenters. The van der Waals surface area contributed by atoms with Crippen LogP contribution in [-0.4, -0.2) is 19.7 Å². The highest BCUT2D eigenvalue weighted by atomic mass is 35.5. The van der Waals surface area contributed by atoms with Gasteiger partial charge in [-0.15, -0.1) is 0 Å². The molecule has 24 heavy (non-hydrogen) atoms. The van der Waals surface area contributed by atoms with Gasteiger partial charge in [0.2, 0.25) is 5.28 Å². The molecule has 0 bridgehead atoms. The van der Waals surface area contributed by atoms with Crippen molar-refractivity contribution in [3.05, 3.63) is 53.7 Å². The summed E-state index contributed by atoms with van der Waals surface area (Å²) < 4.78 is 40.7. The number of aromatic nitrogens is 4. The average Bonchev–Trinajstić information content (AvgIpc) is 2.93. The SMILES string of the molecule is Cn1cc(-c2ccc(Nc3nc(Cl)ncc3C(F)(F)F)cc2)cn1. The number of hydrogen-bond acceptors (Lipinski definition) is 4. The number of anilines is 2. The molecule has 9 heteroatoms. The van der Waals surface area contributed by atoms with Crippen molar-refractivity contribution in [2.75, 3.05) is 5.32 Å². The lowest BCUT2D eigenvalue weighted by Gasteiger charge is -2.13. The molecular weight excluding hydrogens is 343 g/mol. The Hall–Kier alpha value is -2.61. The van der Waals surface area contributed by atoms with Gasteiger partial charge in [-0.25, -0.2) is 4.98 Å². The van der Waals surface area contributed by atoms with E-state index in [-0.39, 0.29) is 5.28 Å². The van der Waals surface area contributed by atoms with E-state index in [4.69, 9.17) is 11.6 Å². The number of hydrogen-bond donors (Lipinski definition) is 1. The second-order valence-corrected chi connectivity index (χ2v) is 5.34. The molecule has 0 radical (unpaired) electrons. The fraction of sp³-hybridized carbons (Fsp3) is 0.133. The zero-order valence-electron chi connectivity index (χ0n) is 12.3. The van der Waals surface area contributed by atoms with Crippen LogP contribution >= 0.6 is 11.6 Å². The summed E-state index contributed by atoms with van der Waals surface area (Å²) in [6.07, 6.45) is -0.382. The molecule has 0 amide bonds. The molecule has 0 fully saturated rings. The Morgan fingerprint density at radius 3 is 2.38 bits per heavy atom. The van der Waals surface area contributed by atoms with Crippen LogP contribution in [0.15, 0.2) is 42.9 Å². The summed E-state index contributed by atoms with van der Waals surface area (Å²) in [5.41, 5.74) is 1.27. The Balaban J connectivity index is 1.88. The minimum absolute atomic E-state index is 0.266. The van der Waals surface area contributed by atoms with E-state index in [2.05, 4.69) is 20.4 Å². The van der Waals surface area contributed by atoms with E-state index >= 15 is 0 Å². The molecule has 124 valence electrons. The average molecular weight is 354 g/mol. The molecular formula is C15H11ClF3N5. The van der Waals surface area contributed by atoms with Gasteiger partial charge in [0.25, 0.3) is 0 Å². The van der Waals surface area contributed by atoms with Crippen LogP contribution in [0.5, 0.6) is 0 Å². The third kappa shape index (κ3) is 3.48. The first-order valence-electron chi connectivity index (χ1n) is 6.79. The highest BCUT2D eigenvalue weighted by molar-refractivity contribution is 6.28. The fourth-order valence-electron chi connectivity index (χ4n) is 2.12. The lowest BCUT2D eigenvalue weighted by Crippen LogP contribution is -2.11. The highest BCUT2D eigenvalue weighted by Crippen LogP contribution is 2.35. The van der Waals surface area contributed by atoms with Crippen LogP contribution in [0.4, 0.5) is 24.7 Å². The lowest BCUT2D eigenvalue weighted by molar-refractivity contribution is -0.137. The number of halogens is 4. The number of nitrogens with zero attached hydrogens (tertiary/aromatic N) is 4. The number of benzene rings is 1. The van der Waals surface area contributed by atoms with Crippen LogP contribution in [0.3, 0.4) is 0 Å². The molecule has 0 spiro atoms. The third-order valence-corrected chi connectivity index (χ3v) is 3.43. The molecule has 0 saturated carbocycles. The number of aryl methyl sites for hydroxylation is 1. The summed E-state index contributed by atoms with van der Waals surface area (Å²) in [5.74, 6) is -0.392. The van der Waals surface area contributed by atoms with E-state index in [1.54, 1.807) is 42.2 Å². The van der Waals surface area contributed by atoms with Gasteiger partial charge in [-0.05, 0) is 29.3 Å². The van der Waals surface area contributed by atoms with Crippen LogP contribution < -0.4 is 5.32 Å². The Bertz CT molecular complexity index is 858. The molecule has 2 heterocycles. The maximum Gasteiger partial charge on any atom is 0.421 e. The van der Waals surface area contributed by atoms with Crippen molar-refractivity contribution in [2.45, 2.75) is 6.18 Å². The van der Waals surface area contributed by atoms with Crippen molar-refractivity contribution in [2.24, 2.45) is 7.05 Å². The quantitative estimate of drug-likeness (QED) is 0.713. The number of nitrogens with one attached hydrogen (secondary N) is 1. The summed E-state index contributed by atoms with van der Waals surface area (Å²) in [6, 6.07) is 6.85. The van der Waals surface area contributed by atoms with Crippen molar-refractivity contribution in [1.82, 2.24) is 19.7 Å². The summed E-state index contributed by atoms with van der Waals surface area (Å²) in [7, 11) is 1.80. The van der Waals surface area contributed by atoms with Gasteiger partial charge in [0, 0.05) is 30.7 Å². The van der Waals surface area contributed by atoms with E-state index in [1.165, 1.54) is 0 Å². The third-order valence-electron chi connectivity index (χ3n) is 3.25. The minimum atomic E-state index is -4.58. The van der Waals surface area contributed by atoms with E-state index in [9.17, 15) is 13.2 Å². The lowest BCUT2D eigenvalue weighted by atomic mass is 10.1. The van der Waals surface area contributed by atoms with Gasteiger partial charge in [-0.1, -0.05) is 12.1 Å². The molecule has 3 aromatic rings. The summed E-state index contributed by atoms with van der Waals surface area (Å²) in [6.45, 7) is 0. The van der Waals surface area contributed by atoms with E-state index in [0.717, 1.165) is 11.1 Å². The summed E-state index contributed by atoms with van der Waals surface area (Å²) in [5, 5.41) is 6.44. The van der Waals surface area contributed by atoms with Gasteiger partial charge in [-0.3, -0.25) is 4.68 Å². The molecule has 1 N–H and O–H groups in total. The predicted molar refractivity (Wildman–Crippen MR) is 84.0 cm³/mol. The van der Waals surface area contributed by atoms with Gasteiger partial charge < -0.3 is 5.32 Å². The Labute approximate surface area is 140 Å². The predicted octanol–water partition coefficient (Wildman–Crippen LogP) is 4.29. The van der Waals surface area contributed by atoms with Crippen LogP contribution in [0.2, 0.25) is 5.28 Å². The van der Waals surface area contributed by atoms with Gasteiger partial charge in [0.05, 0.1) is 6.20 Å². The molecule has 0 unspecified atom stereocenters. The van der Waals surface area contributed by atoms with E-state index in [1.807, 2.05) is 6.20 Å². The van der Waals surface area contributed by atoms with E-state index in [0.29, 0.717) is 11.9 Å². The normalized spacial score (nSPS) is 11.5. The second kappa shape index (κ2) is 6.12. The highest BCUT2D eigenvalue weighted by Gasteiger charge is 2.35. The fourth-order valence-corrected chi connectivity index (χ4v) is 2.25. The first-order chi connectivity index (χ1) is 11.3. The maximum absolute atomic E-state index is 13.0. The maximum atomic E-state index is 13.0. The molecule has 0 aliphatic heterocycles. The molecule has 3 rings (SSSR count). The Kier molecular flexibility index (Phi) is 4.15. The molecule has 2 aromatic heterocycles. The summed E-state index contributed by atoms with van der Waals surface area (Å²) in [4.78, 5) is 7.02.